The summed E-state index contributed by atoms with van der Waals surface area (Å²) in [5.41, 5.74) is 2.47. The van der Waals surface area contributed by atoms with Gasteiger partial charge in [0.05, 0.1) is 29.5 Å². The zero-order valence-corrected chi connectivity index (χ0v) is 19.1. The first-order valence-corrected chi connectivity index (χ1v) is 12.6. The first-order chi connectivity index (χ1) is 14.5. The Morgan fingerprint density at radius 1 is 1.20 bits per heavy atom. The van der Waals surface area contributed by atoms with Crippen LogP contribution in [0, 0.1) is 0 Å². The van der Waals surface area contributed by atoms with Crippen LogP contribution >= 0.6 is 11.3 Å². The lowest BCUT2D eigenvalue weighted by molar-refractivity contribution is -0.116. The molecule has 2 heterocycles. The predicted octanol–water partition coefficient (Wildman–Crippen LogP) is 3.19. The van der Waals surface area contributed by atoms with Gasteiger partial charge in [0.1, 0.15) is 0 Å². The van der Waals surface area contributed by atoms with Gasteiger partial charge in [-0.2, -0.15) is 15.6 Å². The second-order valence-electron chi connectivity index (χ2n) is 7.05. The Hall–Kier alpha value is -1.94. The van der Waals surface area contributed by atoms with E-state index < -0.39 is 10.0 Å². The van der Waals surface area contributed by atoms with Crippen molar-refractivity contribution in [1.82, 2.24) is 4.31 Å². The second kappa shape index (κ2) is 10.4. The molecule has 2 aromatic rings. The fourth-order valence-electron chi connectivity index (χ4n) is 3.47. The van der Waals surface area contributed by atoms with E-state index >= 15 is 0 Å². The number of thiophene rings is 1. The van der Waals surface area contributed by atoms with Gasteiger partial charge in [0.15, 0.2) is 0 Å². The Labute approximate surface area is 182 Å². The van der Waals surface area contributed by atoms with Crippen LogP contribution in [0.3, 0.4) is 0 Å². The lowest BCUT2D eigenvalue weighted by Crippen LogP contribution is -2.37. The molecule has 9 heteroatoms. The van der Waals surface area contributed by atoms with Crippen LogP contribution in [0.5, 0.6) is 0 Å². The molecule has 164 valence electrons. The smallest absolute Gasteiger partial charge is 0.243 e. The Kier molecular flexibility index (Phi) is 7.87. The van der Waals surface area contributed by atoms with Gasteiger partial charge in [-0.15, -0.1) is 0 Å². The Morgan fingerprint density at radius 3 is 2.57 bits per heavy atom. The maximum absolute atomic E-state index is 13.0. The summed E-state index contributed by atoms with van der Waals surface area (Å²) in [7, 11) is -3.61. The van der Waals surface area contributed by atoms with Crippen LogP contribution in [0.4, 0.5) is 11.4 Å². The van der Waals surface area contributed by atoms with Gasteiger partial charge in [0, 0.05) is 32.6 Å². The quantitative estimate of drug-likeness (QED) is 0.633. The average Bonchev–Trinajstić information content (AvgIpc) is 3.27. The molecule has 0 bridgehead atoms. The number of hydrogen-bond acceptors (Lipinski definition) is 6. The van der Waals surface area contributed by atoms with Crippen molar-refractivity contribution in [2.75, 3.05) is 49.6 Å². The van der Waals surface area contributed by atoms with E-state index in [4.69, 9.17) is 4.74 Å². The molecule has 1 N–H and O–H groups in total. The second-order valence-corrected chi connectivity index (χ2v) is 9.77. The van der Waals surface area contributed by atoms with E-state index in [1.54, 1.807) is 29.5 Å². The van der Waals surface area contributed by atoms with Gasteiger partial charge < -0.3 is 15.0 Å². The molecule has 1 saturated heterocycles. The van der Waals surface area contributed by atoms with Gasteiger partial charge in [-0.1, -0.05) is 13.8 Å². The number of carbonyl (C=O) groups excluding carboxylic acids is 1. The molecule has 1 aliphatic heterocycles. The standard InChI is InChI=1S/C21H29N3O4S2/c1-3-24(4-2)30(26,27)18-6-7-20(23-10-12-28-13-11-23)19(15-18)22-21(25)8-5-17-9-14-29-16-17/h6-7,9,14-16H,3-5,8,10-13H2,1-2H3,(H,22,25). The normalized spacial score (nSPS) is 14.8. The summed E-state index contributed by atoms with van der Waals surface area (Å²) in [6.07, 6.45) is 0.992. The van der Waals surface area contributed by atoms with E-state index in [0.717, 1.165) is 11.3 Å². The number of sulfonamides is 1. The fourth-order valence-corrected chi connectivity index (χ4v) is 5.66. The first kappa shape index (κ1) is 22.7. The van der Waals surface area contributed by atoms with Crippen LogP contribution in [0.2, 0.25) is 0 Å². The van der Waals surface area contributed by atoms with Crippen LogP contribution < -0.4 is 10.2 Å². The van der Waals surface area contributed by atoms with E-state index in [-0.39, 0.29) is 10.8 Å². The lowest BCUT2D eigenvalue weighted by atomic mass is 10.1. The van der Waals surface area contributed by atoms with Gasteiger partial charge in [0.2, 0.25) is 15.9 Å². The minimum Gasteiger partial charge on any atom is -0.378 e. The predicted molar refractivity (Wildman–Crippen MR) is 121 cm³/mol. The number of carbonyl (C=O) groups is 1. The molecule has 1 aromatic carbocycles. The van der Waals surface area contributed by atoms with Crippen LogP contribution in [0.15, 0.2) is 39.9 Å². The van der Waals surface area contributed by atoms with Crippen LogP contribution in [0.25, 0.3) is 0 Å². The fraction of sp³-hybridized carbons (Fsp3) is 0.476. The summed E-state index contributed by atoms with van der Waals surface area (Å²) in [5.74, 6) is -0.131. The zero-order valence-electron chi connectivity index (χ0n) is 17.5. The van der Waals surface area contributed by atoms with Gasteiger partial charge >= 0.3 is 0 Å². The van der Waals surface area contributed by atoms with E-state index in [1.807, 2.05) is 30.7 Å². The highest BCUT2D eigenvalue weighted by atomic mass is 32.2. The molecular formula is C21H29N3O4S2. The molecule has 0 atom stereocenters. The highest BCUT2D eigenvalue weighted by Gasteiger charge is 2.24. The number of morpholine rings is 1. The van der Waals surface area contributed by atoms with Gasteiger partial charge in [-0.3, -0.25) is 4.79 Å². The average molecular weight is 452 g/mol. The molecule has 30 heavy (non-hydrogen) atoms. The number of ether oxygens (including phenoxy) is 1. The van der Waals surface area contributed by atoms with Gasteiger partial charge in [-0.25, -0.2) is 8.42 Å². The number of anilines is 2. The number of benzene rings is 1. The summed E-state index contributed by atoms with van der Waals surface area (Å²) in [6, 6.07) is 7.00. The molecule has 7 nitrogen and oxygen atoms in total. The SMILES string of the molecule is CCN(CC)S(=O)(=O)c1ccc(N2CCOCC2)c(NC(=O)CCc2ccsc2)c1. The maximum atomic E-state index is 13.0. The molecule has 0 unspecified atom stereocenters. The van der Waals surface area contributed by atoms with E-state index in [1.165, 1.54) is 4.31 Å². The number of rotatable bonds is 9. The summed E-state index contributed by atoms with van der Waals surface area (Å²) in [4.78, 5) is 14.9. The molecular weight excluding hydrogens is 422 g/mol. The molecule has 0 spiro atoms. The van der Waals surface area contributed by atoms with E-state index in [2.05, 4.69) is 10.2 Å². The Morgan fingerprint density at radius 2 is 1.93 bits per heavy atom. The van der Waals surface area contributed by atoms with Crippen molar-refractivity contribution in [3.8, 4) is 0 Å². The first-order valence-electron chi connectivity index (χ1n) is 10.2. The molecule has 1 fully saturated rings. The summed E-state index contributed by atoms with van der Waals surface area (Å²) >= 11 is 1.61. The van der Waals surface area contributed by atoms with Crippen molar-refractivity contribution in [3.63, 3.8) is 0 Å². The van der Waals surface area contributed by atoms with Crippen molar-refractivity contribution in [3.05, 3.63) is 40.6 Å². The molecule has 1 aliphatic rings. The number of nitrogens with one attached hydrogen (secondary N) is 1. The minimum atomic E-state index is -3.61. The molecule has 0 radical (unpaired) electrons. The maximum Gasteiger partial charge on any atom is 0.243 e. The molecule has 1 aromatic heterocycles. The number of hydrogen-bond donors (Lipinski definition) is 1. The number of aryl methyl sites for hydroxylation is 1. The molecule has 0 aliphatic carbocycles. The summed E-state index contributed by atoms with van der Waals surface area (Å²) in [6.45, 7) is 7.02. The third kappa shape index (κ3) is 5.40. The van der Waals surface area contributed by atoms with Crippen molar-refractivity contribution < 1.29 is 17.9 Å². The van der Waals surface area contributed by atoms with Gasteiger partial charge in [0.25, 0.3) is 0 Å². The highest BCUT2D eigenvalue weighted by Crippen LogP contribution is 2.31. The van der Waals surface area contributed by atoms with E-state index in [0.29, 0.717) is 57.9 Å². The zero-order chi connectivity index (χ0) is 21.6. The molecule has 1 amide bonds. The van der Waals surface area contributed by atoms with Crippen LogP contribution in [0.1, 0.15) is 25.8 Å². The van der Waals surface area contributed by atoms with E-state index in [9.17, 15) is 13.2 Å². The highest BCUT2D eigenvalue weighted by molar-refractivity contribution is 7.89. The molecule has 3 rings (SSSR count). The third-order valence-electron chi connectivity index (χ3n) is 5.16. The lowest BCUT2D eigenvalue weighted by Gasteiger charge is -2.31. The molecule has 0 saturated carbocycles. The monoisotopic (exact) mass is 451 g/mol. The van der Waals surface area contributed by atoms with Gasteiger partial charge in [-0.05, 0) is 47.0 Å². The van der Waals surface area contributed by atoms with Crippen molar-refractivity contribution in [2.24, 2.45) is 0 Å². The van der Waals surface area contributed by atoms with Crippen molar-refractivity contribution in [1.29, 1.82) is 0 Å². The number of amides is 1. The van der Waals surface area contributed by atoms with Crippen LogP contribution in [-0.4, -0.2) is 58.0 Å². The topological polar surface area (TPSA) is 79.0 Å². The van der Waals surface area contributed by atoms with Crippen molar-refractivity contribution >= 4 is 38.6 Å². The summed E-state index contributed by atoms with van der Waals surface area (Å²) < 4.78 is 32.8. The van der Waals surface area contributed by atoms with Crippen molar-refractivity contribution in [2.45, 2.75) is 31.6 Å². The minimum absolute atomic E-state index is 0.131. The largest absolute Gasteiger partial charge is 0.378 e. The Bertz CT molecular complexity index is 935. The van der Waals surface area contributed by atoms with Crippen LogP contribution in [-0.2, 0) is 26.0 Å². The third-order valence-corrected chi connectivity index (χ3v) is 7.94. The Balaban J connectivity index is 1.86. The summed E-state index contributed by atoms with van der Waals surface area (Å²) in [5, 5.41) is 6.98. The number of nitrogens with zero attached hydrogens (tertiary/aromatic N) is 2.